The van der Waals surface area contributed by atoms with Crippen LogP contribution in [0.25, 0.3) is 44.5 Å². The van der Waals surface area contributed by atoms with Crippen LogP contribution in [-0.2, 0) is 0 Å². The molecule has 1 saturated carbocycles. The summed E-state index contributed by atoms with van der Waals surface area (Å²) in [5.41, 5.74) is 9.56. The SMILES string of the molecule is Cc1ccc2c(n1)oc1c(-c3cc(-c4cccc(C5CCCC5)c4)ccn3)c(C)ccc12. The molecule has 0 atom stereocenters. The lowest BCUT2D eigenvalue weighted by Crippen LogP contribution is -1.93. The number of aromatic nitrogens is 2. The quantitative estimate of drug-likeness (QED) is 0.298. The van der Waals surface area contributed by atoms with Crippen LogP contribution in [0.2, 0.25) is 0 Å². The first-order valence-electron chi connectivity index (χ1n) is 11.5. The monoisotopic (exact) mass is 418 g/mol. The molecule has 1 aliphatic rings. The van der Waals surface area contributed by atoms with Gasteiger partial charge in [0.05, 0.1) is 5.69 Å². The Hall–Kier alpha value is -3.46. The van der Waals surface area contributed by atoms with E-state index in [0.717, 1.165) is 38.9 Å². The van der Waals surface area contributed by atoms with Gasteiger partial charge in [-0.15, -0.1) is 0 Å². The molecule has 0 radical (unpaired) electrons. The Balaban J connectivity index is 1.49. The van der Waals surface area contributed by atoms with Crippen molar-refractivity contribution in [3.8, 4) is 22.4 Å². The molecule has 3 heteroatoms. The predicted octanol–water partition coefficient (Wildman–Crippen LogP) is 7.98. The van der Waals surface area contributed by atoms with E-state index >= 15 is 0 Å². The van der Waals surface area contributed by atoms with Crippen molar-refractivity contribution >= 4 is 22.1 Å². The molecule has 1 fully saturated rings. The summed E-state index contributed by atoms with van der Waals surface area (Å²) in [6, 6.07) is 21.8. The van der Waals surface area contributed by atoms with Crippen LogP contribution in [0.3, 0.4) is 0 Å². The minimum Gasteiger partial charge on any atom is -0.437 e. The average Bonchev–Trinajstić information content (AvgIpc) is 3.47. The molecule has 0 bridgehead atoms. The summed E-state index contributed by atoms with van der Waals surface area (Å²) >= 11 is 0. The minimum absolute atomic E-state index is 0.687. The molecule has 6 rings (SSSR count). The second kappa shape index (κ2) is 7.59. The number of hydrogen-bond donors (Lipinski definition) is 0. The third kappa shape index (κ3) is 3.20. The molecule has 32 heavy (non-hydrogen) atoms. The van der Waals surface area contributed by atoms with Crippen LogP contribution in [0.1, 0.15) is 48.4 Å². The summed E-state index contributed by atoms with van der Waals surface area (Å²) < 4.78 is 6.28. The number of nitrogens with zero attached hydrogens (tertiary/aromatic N) is 2. The molecule has 0 unspecified atom stereocenters. The Morgan fingerprint density at radius 1 is 0.844 bits per heavy atom. The molecular weight excluding hydrogens is 392 g/mol. The maximum absolute atomic E-state index is 6.28. The van der Waals surface area contributed by atoms with Crippen molar-refractivity contribution in [1.29, 1.82) is 0 Å². The first-order chi connectivity index (χ1) is 15.7. The number of aryl methyl sites for hydroxylation is 2. The molecule has 3 heterocycles. The molecule has 0 saturated heterocycles. The Morgan fingerprint density at radius 2 is 1.66 bits per heavy atom. The topological polar surface area (TPSA) is 38.9 Å². The summed E-state index contributed by atoms with van der Waals surface area (Å²) in [5, 5.41) is 2.14. The van der Waals surface area contributed by atoms with E-state index in [1.165, 1.54) is 42.4 Å². The van der Waals surface area contributed by atoms with E-state index < -0.39 is 0 Å². The molecule has 0 aliphatic heterocycles. The van der Waals surface area contributed by atoms with Gasteiger partial charge in [0.2, 0.25) is 5.71 Å². The van der Waals surface area contributed by atoms with Gasteiger partial charge in [-0.1, -0.05) is 49.2 Å². The van der Waals surface area contributed by atoms with Crippen LogP contribution < -0.4 is 0 Å². The standard InChI is InChI=1S/C29H26N2O/c1-18-10-12-24-25-13-11-19(2)31-29(25)32-28(24)27(18)26-17-23(14-15-30-26)22-9-5-8-21(16-22)20-6-3-4-7-20/h5,8-17,20H,3-4,6-7H2,1-2H3. The summed E-state index contributed by atoms with van der Waals surface area (Å²) in [7, 11) is 0. The normalized spacial score (nSPS) is 14.6. The molecule has 3 nitrogen and oxygen atoms in total. The van der Waals surface area contributed by atoms with Gasteiger partial charge < -0.3 is 4.42 Å². The highest BCUT2D eigenvalue weighted by atomic mass is 16.3. The number of hydrogen-bond acceptors (Lipinski definition) is 3. The first-order valence-corrected chi connectivity index (χ1v) is 11.5. The van der Waals surface area contributed by atoms with Crippen LogP contribution in [0.4, 0.5) is 0 Å². The van der Waals surface area contributed by atoms with Gasteiger partial charge in [0.25, 0.3) is 0 Å². The van der Waals surface area contributed by atoms with Crippen LogP contribution in [0.5, 0.6) is 0 Å². The van der Waals surface area contributed by atoms with Gasteiger partial charge in [0, 0.05) is 28.2 Å². The number of rotatable bonds is 3. The minimum atomic E-state index is 0.687. The van der Waals surface area contributed by atoms with Gasteiger partial charge in [0.15, 0.2) is 0 Å². The van der Waals surface area contributed by atoms with Gasteiger partial charge in [0.1, 0.15) is 5.58 Å². The number of furan rings is 1. The summed E-state index contributed by atoms with van der Waals surface area (Å²) in [6.45, 7) is 4.11. The van der Waals surface area contributed by atoms with Crippen molar-refractivity contribution in [2.75, 3.05) is 0 Å². The molecule has 158 valence electrons. The third-order valence-electron chi connectivity index (χ3n) is 6.92. The third-order valence-corrected chi connectivity index (χ3v) is 6.92. The fourth-order valence-corrected chi connectivity index (χ4v) is 5.21. The highest BCUT2D eigenvalue weighted by Gasteiger charge is 2.19. The lowest BCUT2D eigenvalue weighted by molar-refractivity contribution is 0.653. The zero-order valence-corrected chi connectivity index (χ0v) is 18.6. The largest absolute Gasteiger partial charge is 0.437 e. The fourth-order valence-electron chi connectivity index (χ4n) is 5.21. The van der Waals surface area contributed by atoms with Crippen LogP contribution >= 0.6 is 0 Å². The molecule has 3 aromatic heterocycles. The predicted molar refractivity (Wildman–Crippen MR) is 131 cm³/mol. The zero-order chi connectivity index (χ0) is 21.7. The number of fused-ring (bicyclic) bond motifs is 3. The fraction of sp³-hybridized carbons (Fsp3) is 0.241. The van der Waals surface area contributed by atoms with Gasteiger partial charge in [-0.05, 0) is 79.1 Å². The van der Waals surface area contributed by atoms with Crippen molar-refractivity contribution in [2.24, 2.45) is 0 Å². The van der Waals surface area contributed by atoms with Crippen LogP contribution in [0, 0.1) is 13.8 Å². The lowest BCUT2D eigenvalue weighted by atomic mass is 9.93. The summed E-state index contributed by atoms with van der Waals surface area (Å²) in [4.78, 5) is 9.36. The first kappa shape index (κ1) is 19.2. The highest BCUT2D eigenvalue weighted by Crippen LogP contribution is 2.39. The van der Waals surface area contributed by atoms with Gasteiger partial charge in [-0.3, -0.25) is 4.98 Å². The van der Waals surface area contributed by atoms with Crippen LogP contribution in [-0.4, -0.2) is 9.97 Å². The zero-order valence-electron chi connectivity index (χ0n) is 18.6. The smallest absolute Gasteiger partial charge is 0.227 e. The van der Waals surface area contributed by atoms with E-state index in [9.17, 15) is 0 Å². The Bertz CT molecular complexity index is 1460. The van der Waals surface area contributed by atoms with Crippen molar-refractivity contribution in [3.05, 3.63) is 83.7 Å². The van der Waals surface area contributed by atoms with Crippen molar-refractivity contribution < 1.29 is 4.42 Å². The van der Waals surface area contributed by atoms with Gasteiger partial charge in [-0.2, -0.15) is 0 Å². The molecule has 0 spiro atoms. The molecule has 0 N–H and O–H groups in total. The van der Waals surface area contributed by atoms with E-state index in [1.807, 2.05) is 19.2 Å². The maximum Gasteiger partial charge on any atom is 0.227 e. The van der Waals surface area contributed by atoms with Crippen LogP contribution in [0.15, 0.2) is 71.3 Å². The molecule has 2 aromatic carbocycles. The lowest BCUT2D eigenvalue weighted by Gasteiger charge is -2.12. The van der Waals surface area contributed by atoms with E-state index in [-0.39, 0.29) is 0 Å². The van der Waals surface area contributed by atoms with Crippen molar-refractivity contribution in [1.82, 2.24) is 9.97 Å². The molecule has 5 aromatic rings. The maximum atomic E-state index is 6.28. The second-order valence-corrected chi connectivity index (χ2v) is 9.08. The molecule has 1 aliphatic carbocycles. The summed E-state index contributed by atoms with van der Waals surface area (Å²) in [5.74, 6) is 0.707. The average molecular weight is 419 g/mol. The number of benzene rings is 2. The van der Waals surface area contributed by atoms with Crippen molar-refractivity contribution in [2.45, 2.75) is 45.4 Å². The Morgan fingerprint density at radius 3 is 2.53 bits per heavy atom. The van der Waals surface area contributed by atoms with Gasteiger partial charge >= 0.3 is 0 Å². The highest BCUT2D eigenvalue weighted by molar-refractivity contribution is 6.09. The van der Waals surface area contributed by atoms with E-state index in [2.05, 4.69) is 66.5 Å². The molecular formula is C29H26N2O. The van der Waals surface area contributed by atoms with Crippen molar-refractivity contribution in [3.63, 3.8) is 0 Å². The van der Waals surface area contributed by atoms with E-state index in [1.54, 1.807) is 0 Å². The van der Waals surface area contributed by atoms with E-state index in [0.29, 0.717) is 11.6 Å². The second-order valence-electron chi connectivity index (χ2n) is 9.08. The Labute approximate surface area is 188 Å². The Kier molecular flexibility index (Phi) is 4.57. The number of pyridine rings is 2. The molecule has 0 amide bonds. The summed E-state index contributed by atoms with van der Waals surface area (Å²) in [6.07, 6.45) is 7.24. The van der Waals surface area contributed by atoms with E-state index in [4.69, 9.17) is 9.40 Å². The van der Waals surface area contributed by atoms with Gasteiger partial charge in [-0.25, -0.2) is 4.98 Å².